The highest BCUT2D eigenvalue weighted by Gasteiger charge is 2.03. The van der Waals surface area contributed by atoms with E-state index in [1.165, 1.54) is 44.5 Å². The number of hydrogen-bond acceptors (Lipinski definition) is 0. The second-order valence-corrected chi connectivity index (χ2v) is 7.54. The van der Waals surface area contributed by atoms with E-state index in [9.17, 15) is 0 Å². The molecule has 3 aromatic carbocycles. The number of rotatable bonds is 3. The number of benzene rings is 3. The Labute approximate surface area is 198 Å². The highest BCUT2D eigenvalue weighted by Crippen LogP contribution is 2.25. The second kappa shape index (κ2) is 15.9. The van der Waals surface area contributed by atoms with Crippen LogP contribution in [-0.4, -0.2) is 0 Å². The van der Waals surface area contributed by atoms with Gasteiger partial charge in [-0.2, -0.15) is 0 Å². The lowest BCUT2D eigenvalue weighted by Gasteiger charge is -2.10. The van der Waals surface area contributed by atoms with Gasteiger partial charge in [0.2, 0.25) is 0 Å². The van der Waals surface area contributed by atoms with E-state index >= 15 is 0 Å². The molecule has 3 rings (SSSR count). The average Bonchev–Trinajstić information content (AvgIpc) is 2.81. The zero-order chi connectivity index (χ0) is 24.7. The highest BCUT2D eigenvalue weighted by molar-refractivity contribution is 5.88. The fourth-order valence-corrected chi connectivity index (χ4v) is 3.66. The zero-order valence-corrected chi connectivity index (χ0v) is 22.1. The largest absolute Gasteiger partial charge is 0.0955 e. The Morgan fingerprint density at radius 1 is 0.562 bits per heavy atom. The smallest absolute Gasteiger partial charge is 0.0174 e. The molecular weight excluding hydrogens is 384 g/mol. The summed E-state index contributed by atoms with van der Waals surface area (Å²) in [6.45, 7) is 24.8. The summed E-state index contributed by atoms with van der Waals surface area (Å²) in [6.07, 6.45) is 0. The molecule has 0 aliphatic rings. The lowest BCUT2D eigenvalue weighted by atomic mass is 9.95. The van der Waals surface area contributed by atoms with E-state index in [1.54, 1.807) is 0 Å². The van der Waals surface area contributed by atoms with Crippen LogP contribution in [0, 0.1) is 20.8 Å². The SMILES string of the molecule is C/C(=C(\C)c1ccccc1)c1ccccc1.C=C(C)c1c(C)cc(C)cc1C.CC.CC. The zero-order valence-electron chi connectivity index (χ0n) is 22.1. The lowest BCUT2D eigenvalue weighted by Crippen LogP contribution is -1.91. The van der Waals surface area contributed by atoms with Gasteiger partial charge in [0.1, 0.15) is 0 Å². The molecule has 172 valence electrons. The molecule has 0 spiro atoms. The Hall–Kier alpha value is -2.86. The van der Waals surface area contributed by atoms with Gasteiger partial charge in [-0.15, -0.1) is 0 Å². The molecule has 0 saturated carbocycles. The van der Waals surface area contributed by atoms with Crippen LogP contribution in [0.15, 0.2) is 79.4 Å². The molecule has 0 heteroatoms. The maximum absolute atomic E-state index is 3.98. The van der Waals surface area contributed by atoms with Crippen molar-refractivity contribution in [1.82, 2.24) is 0 Å². The molecule has 0 aromatic heterocycles. The molecule has 0 heterocycles. The second-order valence-electron chi connectivity index (χ2n) is 7.54. The summed E-state index contributed by atoms with van der Waals surface area (Å²) in [5.41, 5.74) is 11.7. The van der Waals surface area contributed by atoms with Gasteiger partial charge in [-0.05, 0) is 80.5 Å². The van der Waals surface area contributed by atoms with E-state index in [-0.39, 0.29) is 0 Å². The van der Waals surface area contributed by atoms with Gasteiger partial charge in [0.15, 0.2) is 0 Å². The first-order valence-electron chi connectivity index (χ1n) is 11.8. The van der Waals surface area contributed by atoms with Crippen molar-refractivity contribution in [2.75, 3.05) is 0 Å². The molecule has 0 aliphatic heterocycles. The molecule has 0 radical (unpaired) electrons. The van der Waals surface area contributed by atoms with Crippen molar-refractivity contribution >= 4 is 16.7 Å². The van der Waals surface area contributed by atoms with Gasteiger partial charge < -0.3 is 0 Å². The van der Waals surface area contributed by atoms with Crippen molar-refractivity contribution in [1.29, 1.82) is 0 Å². The van der Waals surface area contributed by atoms with E-state index in [4.69, 9.17) is 0 Å². The first-order chi connectivity index (χ1) is 15.3. The molecular formula is C32H44. The minimum absolute atomic E-state index is 1.16. The van der Waals surface area contributed by atoms with Crippen LogP contribution in [0.1, 0.15) is 81.8 Å². The molecule has 0 amide bonds. The summed E-state index contributed by atoms with van der Waals surface area (Å²) < 4.78 is 0. The topological polar surface area (TPSA) is 0 Å². The normalized spacial score (nSPS) is 10.2. The van der Waals surface area contributed by atoms with Gasteiger partial charge in [0, 0.05) is 0 Å². The Kier molecular flexibility index (Phi) is 14.5. The van der Waals surface area contributed by atoms with Gasteiger partial charge in [0.05, 0.1) is 0 Å². The molecule has 0 aliphatic carbocycles. The Morgan fingerprint density at radius 3 is 1.16 bits per heavy atom. The van der Waals surface area contributed by atoms with Crippen molar-refractivity contribution in [2.24, 2.45) is 0 Å². The lowest BCUT2D eigenvalue weighted by molar-refractivity contribution is 1.28. The van der Waals surface area contributed by atoms with Gasteiger partial charge in [-0.1, -0.05) is 118 Å². The molecule has 0 unspecified atom stereocenters. The Bertz CT molecular complexity index is 887. The van der Waals surface area contributed by atoms with Gasteiger partial charge in [-0.3, -0.25) is 0 Å². The van der Waals surface area contributed by atoms with Crippen LogP contribution < -0.4 is 0 Å². The summed E-state index contributed by atoms with van der Waals surface area (Å²) in [4.78, 5) is 0. The average molecular weight is 429 g/mol. The van der Waals surface area contributed by atoms with Crippen LogP contribution in [0.3, 0.4) is 0 Å². The Balaban J connectivity index is 0.000000536. The van der Waals surface area contributed by atoms with Crippen LogP contribution in [-0.2, 0) is 0 Å². The van der Waals surface area contributed by atoms with Crippen LogP contribution >= 0.6 is 0 Å². The third-order valence-corrected chi connectivity index (χ3v) is 5.08. The van der Waals surface area contributed by atoms with Crippen molar-refractivity contribution in [2.45, 2.75) is 69.2 Å². The fraction of sp³-hybridized carbons (Fsp3) is 0.312. The number of hydrogen-bond donors (Lipinski definition) is 0. The molecule has 3 aromatic rings. The van der Waals surface area contributed by atoms with E-state index in [2.05, 4.69) is 121 Å². The van der Waals surface area contributed by atoms with E-state index in [0.29, 0.717) is 0 Å². The van der Waals surface area contributed by atoms with Crippen molar-refractivity contribution < 1.29 is 0 Å². The molecule has 0 N–H and O–H groups in total. The van der Waals surface area contributed by atoms with E-state index in [1.807, 2.05) is 27.7 Å². The van der Waals surface area contributed by atoms with Crippen molar-refractivity contribution in [3.8, 4) is 0 Å². The molecule has 0 nitrogen and oxygen atoms in total. The molecule has 0 atom stereocenters. The summed E-state index contributed by atoms with van der Waals surface area (Å²) in [5.74, 6) is 0. The summed E-state index contributed by atoms with van der Waals surface area (Å²) in [5, 5.41) is 0. The fourth-order valence-electron chi connectivity index (χ4n) is 3.66. The first kappa shape index (κ1) is 29.1. The number of allylic oxidation sites excluding steroid dienone is 3. The molecule has 0 fully saturated rings. The van der Waals surface area contributed by atoms with Crippen LogP contribution in [0.5, 0.6) is 0 Å². The quantitative estimate of drug-likeness (QED) is 0.364. The van der Waals surface area contributed by atoms with Crippen LogP contribution in [0.25, 0.3) is 16.7 Å². The van der Waals surface area contributed by atoms with Crippen molar-refractivity contribution in [3.05, 3.63) is 113 Å². The maximum atomic E-state index is 3.98. The molecule has 0 bridgehead atoms. The summed E-state index contributed by atoms with van der Waals surface area (Å²) in [6, 6.07) is 25.5. The van der Waals surface area contributed by atoms with E-state index < -0.39 is 0 Å². The van der Waals surface area contributed by atoms with Crippen LogP contribution in [0.2, 0.25) is 0 Å². The molecule has 0 saturated heterocycles. The van der Waals surface area contributed by atoms with E-state index in [0.717, 1.165) is 5.57 Å². The minimum Gasteiger partial charge on any atom is -0.0955 e. The highest BCUT2D eigenvalue weighted by atomic mass is 14.1. The summed E-state index contributed by atoms with van der Waals surface area (Å²) >= 11 is 0. The van der Waals surface area contributed by atoms with Crippen LogP contribution in [0.4, 0.5) is 0 Å². The number of aryl methyl sites for hydroxylation is 3. The third kappa shape index (κ3) is 9.10. The van der Waals surface area contributed by atoms with Gasteiger partial charge >= 0.3 is 0 Å². The van der Waals surface area contributed by atoms with Crippen molar-refractivity contribution in [3.63, 3.8) is 0 Å². The summed E-state index contributed by atoms with van der Waals surface area (Å²) in [7, 11) is 0. The third-order valence-electron chi connectivity index (χ3n) is 5.08. The minimum atomic E-state index is 1.16. The maximum Gasteiger partial charge on any atom is -0.0174 e. The van der Waals surface area contributed by atoms with Gasteiger partial charge in [-0.25, -0.2) is 0 Å². The monoisotopic (exact) mass is 428 g/mol. The first-order valence-corrected chi connectivity index (χ1v) is 11.8. The van der Waals surface area contributed by atoms with Gasteiger partial charge in [0.25, 0.3) is 0 Å². The predicted octanol–water partition coefficient (Wildman–Crippen LogP) is 10.3. The molecule has 32 heavy (non-hydrogen) atoms. The predicted molar refractivity (Wildman–Crippen MR) is 149 cm³/mol. The Morgan fingerprint density at radius 2 is 0.875 bits per heavy atom. The standard InChI is InChI=1S/C16H16.C12H16.2C2H6/c1-13(15-9-5-3-6-10-15)14(2)16-11-7-4-8-12-16;1-8(2)12-10(4)6-9(3)7-11(12)5;2*1-2/h3-12H,1-2H3;6-7H,1H2,2-5H3;2*1-2H3/b14-13-;;;.